The number of rotatable bonds is 9. The van der Waals surface area contributed by atoms with Crippen LogP contribution in [0, 0.1) is 11.3 Å². The quantitative estimate of drug-likeness (QED) is 0.636. The SMILES string of the molecule is COC(OC)C(C)NC(=O)CCC(CCN)C(C)(C)C. The fraction of sp³-hybridized carbons (Fsp3) is 0.933. The highest BCUT2D eigenvalue weighted by molar-refractivity contribution is 5.76. The molecule has 120 valence electrons. The van der Waals surface area contributed by atoms with Crippen molar-refractivity contribution in [1.82, 2.24) is 5.32 Å². The lowest BCUT2D eigenvalue weighted by molar-refractivity contribution is -0.136. The van der Waals surface area contributed by atoms with Crippen LogP contribution in [0.1, 0.15) is 47.0 Å². The van der Waals surface area contributed by atoms with E-state index in [0.29, 0.717) is 18.9 Å². The molecular weight excluding hydrogens is 256 g/mol. The van der Waals surface area contributed by atoms with Crippen LogP contribution in [0.2, 0.25) is 0 Å². The standard InChI is InChI=1S/C15H32N2O3/c1-11(14(19-5)20-6)17-13(18)8-7-12(9-10-16)15(2,3)4/h11-12,14H,7-10,16H2,1-6H3,(H,17,18). The summed E-state index contributed by atoms with van der Waals surface area (Å²) in [7, 11) is 3.13. The largest absolute Gasteiger partial charge is 0.354 e. The molecule has 0 aromatic heterocycles. The summed E-state index contributed by atoms with van der Waals surface area (Å²) in [6.07, 6.45) is 1.89. The van der Waals surface area contributed by atoms with Crippen molar-refractivity contribution in [3.05, 3.63) is 0 Å². The Morgan fingerprint density at radius 1 is 1.20 bits per heavy atom. The molecule has 0 saturated heterocycles. The van der Waals surface area contributed by atoms with Crippen LogP contribution in [-0.4, -0.2) is 39.0 Å². The van der Waals surface area contributed by atoms with Crippen molar-refractivity contribution in [2.45, 2.75) is 59.3 Å². The number of nitrogens with two attached hydrogens (primary N) is 1. The Morgan fingerprint density at radius 3 is 2.15 bits per heavy atom. The van der Waals surface area contributed by atoms with E-state index in [0.717, 1.165) is 12.8 Å². The molecule has 0 aromatic rings. The average Bonchev–Trinajstić information content (AvgIpc) is 2.34. The molecule has 0 rings (SSSR count). The van der Waals surface area contributed by atoms with E-state index in [9.17, 15) is 4.79 Å². The van der Waals surface area contributed by atoms with Crippen LogP contribution in [-0.2, 0) is 14.3 Å². The van der Waals surface area contributed by atoms with E-state index in [2.05, 4.69) is 26.1 Å². The molecule has 2 unspecified atom stereocenters. The molecule has 0 aliphatic carbocycles. The van der Waals surface area contributed by atoms with Gasteiger partial charge in [-0.15, -0.1) is 0 Å². The molecule has 0 bridgehead atoms. The van der Waals surface area contributed by atoms with Gasteiger partial charge in [-0.3, -0.25) is 4.79 Å². The van der Waals surface area contributed by atoms with E-state index < -0.39 is 6.29 Å². The van der Waals surface area contributed by atoms with Gasteiger partial charge in [0.2, 0.25) is 5.91 Å². The second-order valence-corrected chi connectivity index (χ2v) is 6.37. The fourth-order valence-corrected chi connectivity index (χ4v) is 2.42. The van der Waals surface area contributed by atoms with E-state index in [1.165, 1.54) is 0 Å². The highest BCUT2D eigenvalue weighted by Gasteiger charge is 2.25. The molecule has 0 fully saturated rings. The van der Waals surface area contributed by atoms with Gasteiger partial charge in [-0.2, -0.15) is 0 Å². The maximum Gasteiger partial charge on any atom is 0.220 e. The van der Waals surface area contributed by atoms with E-state index in [1.807, 2.05) is 6.92 Å². The summed E-state index contributed by atoms with van der Waals surface area (Å²) >= 11 is 0. The molecule has 3 N–H and O–H groups in total. The van der Waals surface area contributed by atoms with Crippen molar-refractivity contribution >= 4 is 5.91 Å². The Morgan fingerprint density at radius 2 is 1.75 bits per heavy atom. The summed E-state index contributed by atoms with van der Waals surface area (Å²) in [5.41, 5.74) is 5.83. The first-order chi connectivity index (χ1) is 9.26. The predicted octanol–water partition coefficient (Wildman–Crippen LogP) is 1.90. The monoisotopic (exact) mass is 288 g/mol. The highest BCUT2D eigenvalue weighted by Crippen LogP contribution is 2.32. The fourth-order valence-electron chi connectivity index (χ4n) is 2.42. The summed E-state index contributed by atoms with van der Waals surface area (Å²) in [5.74, 6) is 0.483. The number of nitrogens with one attached hydrogen (secondary N) is 1. The number of hydrogen-bond acceptors (Lipinski definition) is 4. The minimum Gasteiger partial charge on any atom is -0.354 e. The van der Waals surface area contributed by atoms with Crippen LogP contribution >= 0.6 is 0 Å². The number of carbonyl (C=O) groups is 1. The zero-order valence-electron chi connectivity index (χ0n) is 13.9. The van der Waals surface area contributed by atoms with Crippen LogP contribution in [0.4, 0.5) is 0 Å². The van der Waals surface area contributed by atoms with Crippen LogP contribution in [0.5, 0.6) is 0 Å². The van der Waals surface area contributed by atoms with E-state index >= 15 is 0 Å². The minimum atomic E-state index is -0.415. The van der Waals surface area contributed by atoms with Gasteiger partial charge >= 0.3 is 0 Å². The van der Waals surface area contributed by atoms with Crippen molar-refractivity contribution < 1.29 is 14.3 Å². The maximum atomic E-state index is 12.0. The van der Waals surface area contributed by atoms with Gasteiger partial charge in [-0.1, -0.05) is 20.8 Å². The first-order valence-corrected chi connectivity index (χ1v) is 7.31. The Kier molecular flexibility index (Phi) is 9.01. The Bertz CT molecular complexity index is 273. The Balaban J connectivity index is 4.26. The molecule has 0 aromatic carbocycles. The lowest BCUT2D eigenvalue weighted by Gasteiger charge is -2.30. The van der Waals surface area contributed by atoms with Gasteiger partial charge < -0.3 is 20.5 Å². The Hall–Kier alpha value is -0.650. The van der Waals surface area contributed by atoms with Gasteiger partial charge in [0, 0.05) is 20.6 Å². The summed E-state index contributed by atoms with van der Waals surface area (Å²) in [5, 5.41) is 2.91. The number of hydrogen-bond donors (Lipinski definition) is 2. The third-order valence-corrected chi connectivity index (χ3v) is 3.72. The third kappa shape index (κ3) is 7.22. The van der Waals surface area contributed by atoms with Crippen molar-refractivity contribution in [2.24, 2.45) is 17.1 Å². The smallest absolute Gasteiger partial charge is 0.220 e. The zero-order valence-corrected chi connectivity index (χ0v) is 13.9. The van der Waals surface area contributed by atoms with Crippen LogP contribution in [0.3, 0.4) is 0 Å². The van der Waals surface area contributed by atoms with Crippen molar-refractivity contribution in [1.29, 1.82) is 0 Å². The molecule has 0 saturated carbocycles. The number of amides is 1. The average molecular weight is 288 g/mol. The van der Waals surface area contributed by atoms with Gasteiger partial charge in [-0.25, -0.2) is 0 Å². The number of methoxy groups -OCH3 is 2. The predicted molar refractivity (Wildman–Crippen MR) is 81.3 cm³/mol. The second kappa shape index (κ2) is 9.32. The molecule has 5 nitrogen and oxygen atoms in total. The van der Waals surface area contributed by atoms with E-state index in [1.54, 1.807) is 14.2 Å². The highest BCUT2D eigenvalue weighted by atomic mass is 16.7. The zero-order chi connectivity index (χ0) is 15.8. The first kappa shape index (κ1) is 19.4. The summed E-state index contributed by atoms with van der Waals surface area (Å²) < 4.78 is 10.3. The number of carbonyl (C=O) groups excluding carboxylic acids is 1. The van der Waals surface area contributed by atoms with Crippen molar-refractivity contribution in [3.8, 4) is 0 Å². The molecule has 0 aliphatic heterocycles. The maximum absolute atomic E-state index is 12.0. The number of ether oxygens (including phenoxy) is 2. The van der Waals surface area contributed by atoms with Crippen LogP contribution in [0.15, 0.2) is 0 Å². The molecule has 0 aliphatic rings. The summed E-state index contributed by atoms with van der Waals surface area (Å²) in [6.45, 7) is 9.12. The van der Waals surface area contributed by atoms with Gasteiger partial charge in [0.1, 0.15) is 0 Å². The third-order valence-electron chi connectivity index (χ3n) is 3.72. The summed E-state index contributed by atoms with van der Waals surface area (Å²) in [4.78, 5) is 12.0. The normalized spacial score (nSPS) is 15.2. The molecule has 20 heavy (non-hydrogen) atoms. The molecule has 0 radical (unpaired) electrons. The summed E-state index contributed by atoms with van der Waals surface area (Å²) in [6, 6.07) is -0.167. The molecular formula is C15H32N2O3. The van der Waals surface area contributed by atoms with Crippen LogP contribution in [0.25, 0.3) is 0 Å². The van der Waals surface area contributed by atoms with Gasteiger partial charge in [-0.05, 0) is 37.6 Å². The van der Waals surface area contributed by atoms with Gasteiger partial charge in [0.15, 0.2) is 6.29 Å². The van der Waals surface area contributed by atoms with Gasteiger partial charge in [0.05, 0.1) is 6.04 Å². The lowest BCUT2D eigenvalue weighted by Crippen LogP contribution is -2.43. The lowest BCUT2D eigenvalue weighted by atomic mass is 9.76. The Labute approximate surface area is 123 Å². The molecule has 1 amide bonds. The van der Waals surface area contributed by atoms with E-state index in [-0.39, 0.29) is 17.4 Å². The van der Waals surface area contributed by atoms with Crippen LogP contribution < -0.4 is 11.1 Å². The molecule has 5 heteroatoms. The van der Waals surface area contributed by atoms with Crippen molar-refractivity contribution in [2.75, 3.05) is 20.8 Å². The molecule has 0 heterocycles. The second-order valence-electron chi connectivity index (χ2n) is 6.37. The molecule has 0 spiro atoms. The van der Waals surface area contributed by atoms with Crippen molar-refractivity contribution in [3.63, 3.8) is 0 Å². The minimum absolute atomic E-state index is 0.0304. The van der Waals surface area contributed by atoms with Gasteiger partial charge in [0.25, 0.3) is 0 Å². The first-order valence-electron chi connectivity index (χ1n) is 7.31. The topological polar surface area (TPSA) is 73.6 Å². The van der Waals surface area contributed by atoms with E-state index in [4.69, 9.17) is 15.2 Å². The molecule has 2 atom stereocenters.